The Morgan fingerprint density at radius 3 is 2.10 bits per heavy atom. The van der Waals surface area contributed by atoms with Gasteiger partial charge in [0.05, 0.1) is 17.0 Å². The molecule has 30 heavy (non-hydrogen) atoms. The van der Waals surface area contributed by atoms with Crippen LogP contribution >= 0.6 is 0 Å². The lowest BCUT2D eigenvalue weighted by Gasteiger charge is -2.14. The molecule has 0 saturated heterocycles. The molecule has 0 aliphatic heterocycles. The van der Waals surface area contributed by atoms with Crippen molar-refractivity contribution in [2.45, 2.75) is 51.6 Å². The fourth-order valence-electron chi connectivity index (χ4n) is 3.50. The zero-order valence-corrected chi connectivity index (χ0v) is 17.0. The van der Waals surface area contributed by atoms with E-state index in [4.69, 9.17) is 0 Å². The van der Waals surface area contributed by atoms with Crippen LogP contribution in [0.3, 0.4) is 0 Å². The Balaban J connectivity index is 1.99. The summed E-state index contributed by atoms with van der Waals surface area (Å²) in [5.41, 5.74) is 1.87. The third-order valence-electron chi connectivity index (χ3n) is 5.16. The van der Waals surface area contributed by atoms with Crippen LogP contribution in [-0.4, -0.2) is 4.98 Å². The lowest BCUT2D eigenvalue weighted by molar-refractivity contribution is -0.137. The molecule has 0 unspecified atom stereocenters. The van der Waals surface area contributed by atoms with Gasteiger partial charge >= 0.3 is 6.18 Å². The van der Waals surface area contributed by atoms with E-state index < -0.39 is 11.7 Å². The number of nitrogens with zero attached hydrogens (tertiary/aromatic N) is 1. The molecule has 0 aliphatic rings. The highest BCUT2D eigenvalue weighted by Crippen LogP contribution is 2.33. The lowest BCUT2D eigenvalue weighted by Crippen LogP contribution is -2.05. The van der Waals surface area contributed by atoms with Gasteiger partial charge in [0.1, 0.15) is 5.82 Å². The van der Waals surface area contributed by atoms with Crippen molar-refractivity contribution in [3.05, 3.63) is 77.6 Å². The van der Waals surface area contributed by atoms with Gasteiger partial charge in [0.25, 0.3) is 0 Å². The van der Waals surface area contributed by atoms with Gasteiger partial charge in [0.15, 0.2) is 0 Å². The summed E-state index contributed by atoms with van der Waals surface area (Å²) in [6.07, 6.45) is 1.25. The highest BCUT2D eigenvalue weighted by molar-refractivity contribution is 5.69. The number of hydrogen-bond acceptors (Lipinski definition) is 1. The van der Waals surface area contributed by atoms with Crippen LogP contribution in [0.2, 0.25) is 0 Å². The lowest BCUT2D eigenvalue weighted by atomic mass is 9.97. The van der Waals surface area contributed by atoms with Crippen molar-refractivity contribution in [3.63, 3.8) is 0 Å². The van der Waals surface area contributed by atoms with Crippen molar-refractivity contribution >= 4 is 0 Å². The summed E-state index contributed by atoms with van der Waals surface area (Å²) in [7, 11) is 0. The molecular weight excluding hydrogens is 390 g/mol. The van der Waals surface area contributed by atoms with Crippen molar-refractivity contribution < 1.29 is 17.6 Å². The Kier molecular flexibility index (Phi) is 7.24. The molecule has 0 saturated carbocycles. The van der Waals surface area contributed by atoms with Crippen LogP contribution in [0.15, 0.2) is 60.7 Å². The molecule has 0 bridgehead atoms. The van der Waals surface area contributed by atoms with E-state index in [1.54, 1.807) is 0 Å². The van der Waals surface area contributed by atoms with E-state index in [9.17, 15) is 13.2 Å². The Bertz CT molecular complexity index is 947. The number of hydrogen-bond donors (Lipinski definition) is 0. The third-order valence-corrected chi connectivity index (χ3v) is 5.16. The molecule has 158 valence electrons. The normalized spacial score (nSPS) is 11.6. The van der Waals surface area contributed by atoms with Crippen LogP contribution in [-0.2, 0) is 12.6 Å². The summed E-state index contributed by atoms with van der Waals surface area (Å²) in [4.78, 5) is 4.66. The topological polar surface area (TPSA) is 12.9 Å². The van der Waals surface area contributed by atoms with Gasteiger partial charge in [-0.1, -0.05) is 75.1 Å². The second-order valence-corrected chi connectivity index (χ2v) is 7.42. The number of alkyl halides is 3. The maximum Gasteiger partial charge on any atom is 0.416 e. The number of pyridine rings is 1. The fourth-order valence-corrected chi connectivity index (χ4v) is 3.50. The predicted molar refractivity (Wildman–Crippen MR) is 113 cm³/mol. The molecule has 0 N–H and O–H groups in total. The standard InChI is InChI=1S/C25H25F4N/c1-2-3-4-5-9-12-21-22(26)17-23(18-10-7-6-8-11-18)30-24(21)19-13-15-20(16-14-19)25(27,28)29/h6-8,10-11,13-17H,2-5,9,12H2,1H3. The fraction of sp³-hybridized carbons (Fsp3) is 0.320. The summed E-state index contributed by atoms with van der Waals surface area (Å²) in [5, 5.41) is 0. The van der Waals surface area contributed by atoms with E-state index in [2.05, 4.69) is 11.9 Å². The number of rotatable bonds is 8. The maximum absolute atomic E-state index is 15.1. The van der Waals surface area contributed by atoms with Crippen LogP contribution in [0.25, 0.3) is 22.5 Å². The summed E-state index contributed by atoms with van der Waals surface area (Å²) in [6.45, 7) is 2.13. The van der Waals surface area contributed by atoms with Gasteiger partial charge in [-0.05, 0) is 25.0 Å². The zero-order valence-electron chi connectivity index (χ0n) is 17.0. The van der Waals surface area contributed by atoms with Gasteiger partial charge in [-0.3, -0.25) is 0 Å². The van der Waals surface area contributed by atoms with Gasteiger partial charge in [-0.2, -0.15) is 13.2 Å². The Morgan fingerprint density at radius 2 is 1.47 bits per heavy atom. The van der Waals surface area contributed by atoms with Crippen molar-refractivity contribution in [2.75, 3.05) is 0 Å². The van der Waals surface area contributed by atoms with E-state index >= 15 is 4.39 Å². The molecule has 3 aromatic rings. The Morgan fingerprint density at radius 1 is 0.800 bits per heavy atom. The van der Waals surface area contributed by atoms with Crippen molar-refractivity contribution in [1.29, 1.82) is 0 Å². The van der Waals surface area contributed by atoms with E-state index in [0.29, 0.717) is 28.9 Å². The first-order chi connectivity index (χ1) is 14.4. The minimum Gasteiger partial charge on any atom is -0.247 e. The minimum atomic E-state index is -4.41. The first kappa shape index (κ1) is 22.0. The van der Waals surface area contributed by atoms with Crippen molar-refractivity contribution in [2.24, 2.45) is 0 Å². The van der Waals surface area contributed by atoms with Gasteiger partial charge in [0, 0.05) is 22.8 Å². The molecule has 1 aromatic heterocycles. The SMILES string of the molecule is CCCCCCCc1c(F)cc(-c2ccccc2)nc1-c1ccc(C(F)(F)F)cc1. The van der Waals surface area contributed by atoms with Crippen LogP contribution in [0.4, 0.5) is 17.6 Å². The first-order valence-electron chi connectivity index (χ1n) is 10.3. The quantitative estimate of drug-likeness (QED) is 0.268. The summed E-state index contributed by atoms with van der Waals surface area (Å²) < 4.78 is 53.9. The van der Waals surface area contributed by atoms with Gasteiger partial charge < -0.3 is 0 Å². The maximum atomic E-state index is 15.1. The number of unbranched alkanes of at least 4 members (excludes halogenated alkanes) is 4. The molecule has 0 radical (unpaired) electrons. The summed E-state index contributed by atoms with van der Waals surface area (Å²) in [5.74, 6) is -0.366. The Hall–Kier alpha value is -2.69. The molecule has 1 nitrogen and oxygen atoms in total. The summed E-state index contributed by atoms with van der Waals surface area (Å²) >= 11 is 0. The van der Waals surface area contributed by atoms with Gasteiger partial charge in [-0.25, -0.2) is 9.37 Å². The highest BCUT2D eigenvalue weighted by Gasteiger charge is 2.30. The predicted octanol–water partition coefficient (Wildman–Crippen LogP) is 8.09. The average Bonchev–Trinajstić information content (AvgIpc) is 2.74. The number of aromatic nitrogens is 1. The van der Waals surface area contributed by atoms with E-state index in [1.807, 2.05) is 30.3 Å². The molecule has 5 heteroatoms. The highest BCUT2D eigenvalue weighted by atomic mass is 19.4. The number of halogens is 4. The van der Waals surface area contributed by atoms with E-state index in [0.717, 1.165) is 49.8 Å². The molecule has 2 aromatic carbocycles. The molecular formula is C25H25F4N. The van der Waals surface area contributed by atoms with Crippen LogP contribution < -0.4 is 0 Å². The second-order valence-electron chi connectivity index (χ2n) is 7.42. The molecule has 0 atom stereocenters. The summed E-state index contributed by atoms with van der Waals surface area (Å²) in [6, 6.07) is 15.4. The zero-order chi connectivity index (χ0) is 21.6. The molecule has 0 fully saturated rings. The van der Waals surface area contributed by atoms with Crippen LogP contribution in [0.5, 0.6) is 0 Å². The molecule has 0 aliphatic carbocycles. The number of benzene rings is 2. The van der Waals surface area contributed by atoms with E-state index in [1.165, 1.54) is 18.2 Å². The van der Waals surface area contributed by atoms with Gasteiger partial charge in [-0.15, -0.1) is 0 Å². The molecule has 1 heterocycles. The van der Waals surface area contributed by atoms with Crippen molar-refractivity contribution in [3.8, 4) is 22.5 Å². The molecule has 0 spiro atoms. The molecule has 0 amide bonds. The second kappa shape index (κ2) is 9.88. The van der Waals surface area contributed by atoms with Crippen molar-refractivity contribution in [1.82, 2.24) is 4.98 Å². The van der Waals surface area contributed by atoms with E-state index in [-0.39, 0.29) is 5.82 Å². The minimum absolute atomic E-state index is 0.366. The molecule has 3 rings (SSSR count). The van der Waals surface area contributed by atoms with Crippen LogP contribution in [0, 0.1) is 5.82 Å². The largest absolute Gasteiger partial charge is 0.416 e. The smallest absolute Gasteiger partial charge is 0.247 e. The first-order valence-corrected chi connectivity index (χ1v) is 10.3. The Labute approximate surface area is 174 Å². The third kappa shape index (κ3) is 5.47. The van der Waals surface area contributed by atoms with Crippen LogP contribution in [0.1, 0.15) is 50.2 Å². The monoisotopic (exact) mass is 415 g/mol. The van der Waals surface area contributed by atoms with Gasteiger partial charge in [0.2, 0.25) is 0 Å². The average molecular weight is 415 g/mol.